The second-order valence-electron chi connectivity index (χ2n) is 5.82. The molecule has 0 aromatic carbocycles. The molecule has 3 rings (SSSR count). The van der Waals surface area contributed by atoms with Crippen molar-refractivity contribution >= 4 is 23.7 Å². The van der Waals surface area contributed by atoms with Crippen LogP contribution in [0.5, 0.6) is 0 Å². The first-order valence-corrected chi connectivity index (χ1v) is 9.36. The number of carbonyl (C=O) groups is 2. The first kappa shape index (κ1) is 17.5. The summed E-state index contributed by atoms with van der Waals surface area (Å²) in [5, 5.41) is 14.0. The summed E-state index contributed by atoms with van der Waals surface area (Å²) in [7, 11) is 0. The molecule has 0 atom stereocenters. The largest absolute Gasteiger partial charge is 0.461 e. The van der Waals surface area contributed by atoms with Crippen LogP contribution in [0.4, 0.5) is 4.79 Å². The van der Waals surface area contributed by atoms with Crippen LogP contribution < -0.4 is 10.6 Å². The van der Waals surface area contributed by atoms with Crippen molar-refractivity contribution in [3.63, 3.8) is 0 Å². The lowest BCUT2D eigenvalue weighted by atomic mass is 10.2. The second kappa shape index (κ2) is 8.19. The molecule has 0 saturated heterocycles. The van der Waals surface area contributed by atoms with Crippen molar-refractivity contribution in [3.8, 4) is 11.6 Å². The molecule has 9 heteroatoms. The smallest absolute Gasteiger partial charge is 0.321 e. The number of nitrogens with one attached hydrogen (secondary N) is 2. The van der Waals surface area contributed by atoms with Gasteiger partial charge in [-0.1, -0.05) is 24.6 Å². The molecule has 3 amide bonds. The van der Waals surface area contributed by atoms with Gasteiger partial charge in [0.1, 0.15) is 0 Å². The lowest BCUT2D eigenvalue weighted by Gasteiger charge is -2.12. The van der Waals surface area contributed by atoms with Gasteiger partial charge in [0.25, 0.3) is 0 Å². The Kier molecular flexibility index (Phi) is 5.75. The number of urea groups is 1. The average molecular weight is 363 g/mol. The number of furan rings is 1. The van der Waals surface area contributed by atoms with Gasteiger partial charge >= 0.3 is 6.03 Å². The molecule has 1 saturated carbocycles. The van der Waals surface area contributed by atoms with E-state index in [0.717, 1.165) is 25.7 Å². The standard InChI is InChI=1S/C16H21N5O3S/c1-2-21-14(12-8-5-9-24-12)19-20-16(21)25-10-13(22)18-15(23)17-11-6-3-4-7-11/h5,8-9,11H,2-4,6-7,10H2,1H3,(H2,17,18,22,23). The first-order valence-electron chi connectivity index (χ1n) is 8.37. The average Bonchev–Trinajstić information content (AvgIpc) is 3.33. The van der Waals surface area contributed by atoms with E-state index >= 15 is 0 Å². The minimum absolute atomic E-state index is 0.0916. The fourth-order valence-electron chi connectivity index (χ4n) is 2.85. The highest BCUT2D eigenvalue weighted by atomic mass is 32.2. The minimum atomic E-state index is -0.425. The predicted octanol–water partition coefficient (Wildman–Crippen LogP) is 2.42. The second-order valence-corrected chi connectivity index (χ2v) is 6.76. The zero-order valence-electron chi connectivity index (χ0n) is 14.0. The molecule has 0 bridgehead atoms. The van der Waals surface area contributed by atoms with Crippen molar-refractivity contribution in [3.05, 3.63) is 18.4 Å². The van der Waals surface area contributed by atoms with E-state index in [-0.39, 0.29) is 17.7 Å². The highest BCUT2D eigenvalue weighted by molar-refractivity contribution is 7.99. The van der Waals surface area contributed by atoms with Gasteiger partial charge in [-0.2, -0.15) is 0 Å². The third-order valence-corrected chi connectivity index (χ3v) is 5.02. The van der Waals surface area contributed by atoms with Gasteiger partial charge in [0.15, 0.2) is 16.7 Å². The van der Waals surface area contributed by atoms with Gasteiger partial charge in [0, 0.05) is 12.6 Å². The molecule has 0 unspecified atom stereocenters. The number of thioether (sulfide) groups is 1. The third-order valence-electron chi connectivity index (χ3n) is 4.05. The minimum Gasteiger partial charge on any atom is -0.461 e. The van der Waals surface area contributed by atoms with Crippen LogP contribution >= 0.6 is 11.8 Å². The molecule has 2 aromatic heterocycles. The number of hydrogen-bond donors (Lipinski definition) is 2. The van der Waals surface area contributed by atoms with E-state index in [1.165, 1.54) is 11.8 Å². The molecule has 2 heterocycles. The quantitative estimate of drug-likeness (QED) is 0.764. The van der Waals surface area contributed by atoms with E-state index in [1.807, 2.05) is 17.6 Å². The molecule has 2 N–H and O–H groups in total. The molecule has 134 valence electrons. The van der Waals surface area contributed by atoms with Gasteiger partial charge in [0.05, 0.1) is 12.0 Å². The summed E-state index contributed by atoms with van der Waals surface area (Å²) < 4.78 is 7.22. The Morgan fingerprint density at radius 3 is 2.84 bits per heavy atom. The van der Waals surface area contributed by atoms with Crippen LogP contribution in [-0.4, -0.2) is 38.5 Å². The summed E-state index contributed by atoms with van der Waals surface area (Å²) in [6, 6.07) is 3.35. The Labute approximate surface area is 149 Å². The summed E-state index contributed by atoms with van der Waals surface area (Å²) in [6.45, 7) is 2.62. The Morgan fingerprint density at radius 1 is 1.36 bits per heavy atom. The predicted molar refractivity (Wildman–Crippen MR) is 93.1 cm³/mol. The molecule has 0 radical (unpaired) electrons. The van der Waals surface area contributed by atoms with E-state index < -0.39 is 6.03 Å². The fourth-order valence-corrected chi connectivity index (χ4v) is 3.66. The summed E-state index contributed by atoms with van der Waals surface area (Å²) in [5.74, 6) is 0.982. The van der Waals surface area contributed by atoms with Gasteiger partial charge in [-0.05, 0) is 31.9 Å². The number of amides is 3. The molecule has 25 heavy (non-hydrogen) atoms. The van der Waals surface area contributed by atoms with Gasteiger partial charge in [-0.3, -0.25) is 14.7 Å². The van der Waals surface area contributed by atoms with Crippen LogP contribution in [0.15, 0.2) is 28.0 Å². The maximum absolute atomic E-state index is 12.0. The number of imide groups is 1. The summed E-state index contributed by atoms with van der Waals surface area (Å²) in [6.07, 6.45) is 5.78. The van der Waals surface area contributed by atoms with Crippen LogP contribution in [0.3, 0.4) is 0 Å². The van der Waals surface area contributed by atoms with E-state index in [9.17, 15) is 9.59 Å². The number of aromatic nitrogens is 3. The van der Waals surface area contributed by atoms with Crippen molar-refractivity contribution in [1.82, 2.24) is 25.4 Å². The van der Waals surface area contributed by atoms with Crippen molar-refractivity contribution in [2.45, 2.75) is 50.4 Å². The van der Waals surface area contributed by atoms with Crippen molar-refractivity contribution in [2.24, 2.45) is 0 Å². The zero-order chi connectivity index (χ0) is 17.6. The van der Waals surface area contributed by atoms with Crippen LogP contribution in [0.1, 0.15) is 32.6 Å². The van der Waals surface area contributed by atoms with Crippen LogP contribution in [0.25, 0.3) is 11.6 Å². The molecular weight excluding hydrogens is 342 g/mol. The number of rotatable bonds is 6. The van der Waals surface area contributed by atoms with Gasteiger partial charge in [0.2, 0.25) is 5.91 Å². The molecule has 8 nitrogen and oxygen atoms in total. The number of carbonyl (C=O) groups excluding carboxylic acids is 2. The number of nitrogens with zero attached hydrogens (tertiary/aromatic N) is 3. The van der Waals surface area contributed by atoms with E-state index in [4.69, 9.17) is 4.42 Å². The van der Waals surface area contributed by atoms with Crippen molar-refractivity contribution in [2.75, 3.05) is 5.75 Å². The van der Waals surface area contributed by atoms with Gasteiger partial charge < -0.3 is 9.73 Å². The lowest BCUT2D eigenvalue weighted by molar-refractivity contribution is -0.117. The summed E-state index contributed by atoms with van der Waals surface area (Å²) in [5.41, 5.74) is 0. The maximum Gasteiger partial charge on any atom is 0.321 e. The Balaban J connectivity index is 1.52. The molecule has 1 aliphatic carbocycles. The molecule has 2 aromatic rings. The first-order chi connectivity index (χ1) is 12.2. The maximum atomic E-state index is 12.0. The molecule has 1 fully saturated rings. The van der Waals surface area contributed by atoms with Crippen LogP contribution in [-0.2, 0) is 11.3 Å². The third kappa shape index (κ3) is 4.41. The van der Waals surface area contributed by atoms with E-state index in [0.29, 0.717) is 23.3 Å². The summed E-state index contributed by atoms with van der Waals surface area (Å²) in [4.78, 5) is 23.8. The molecule has 1 aliphatic rings. The highest BCUT2D eigenvalue weighted by Crippen LogP contribution is 2.24. The Morgan fingerprint density at radius 2 is 2.16 bits per heavy atom. The SMILES string of the molecule is CCn1c(SCC(=O)NC(=O)NC2CCCC2)nnc1-c1ccco1. The molecular formula is C16H21N5O3S. The van der Waals surface area contributed by atoms with E-state index in [2.05, 4.69) is 20.8 Å². The van der Waals surface area contributed by atoms with Crippen LogP contribution in [0, 0.1) is 0 Å². The van der Waals surface area contributed by atoms with Gasteiger partial charge in [-0.15, -0.1) is 10.2 Å². The molecule has 0 aliphatic heterocycles. The fraction of sp³-hybridized carbons (Fsp3) is 0.500. The Bertz CT molecular complexity index is 722. The topological polar surface area (TPSA) is 102 Å². The normalized spacial score (nSPS) is 14.6. The van der Waals surface area contributed by atoms with Crippen molar-refractivity contribution in [1.29, 1.82) is 0 Å². The van der Waals surface area contributed by atoms with Gasteiger partial charge in [-0.25, -0.2) is 4.79 Å². The monoisotopic (exact) mass is 363 g/mol. The molecule has 0 spiro atoms. The highest BCUT2D eigenvalue weighted by Gasteiger charge is 2.19. The Hall–Kier alpha value is -2.29. The zero-order valence-corrected chi connectivity index (χ0v) is 14.8. The van der Waals surface area contributed by atoms with Crippen LogP contribution in [0.2, 0.25) is 0 Å². The number of hydrogen-bond acceptors (Lipinski definition) is 6. The van der Waals surface area contributed by atoms with Crippen molar-refractivity contribution < 1.29 is 14.0 Å². The van der Waals surface area contributed by atoms with E-state index in [1.54, 1.807) is 12.3 Å². The lowest BCUT2D eigenvalue weighted by Crippen LogP contribution is -2.44. The summed E-state index contributed by atoms with van der Waals surface area (Å²) >= 11 is 1.24.